The zero-order chi connectivity index (χ0) is 22.0. The van der Waals surface area contributed by atoms with Crippen LogP contribution in [-0.4, -0.2) is 68.0 Å². The number of nitrogens with zero attached hydrogens (tertiary/aromatic N) is 2. The normalized spacial score (nSPS) is 28.3. The zero-order valence-electron chi connectivity index (χ0n) is 19.5. The molecule has 8 nitrogen and oxygen atoms in total. The summed E-state index contributed by atoms with van der Waals surface area (Å²) in [5.41, 5.74) is 0.303. The second-order valence-corrected chi connectivity index (χ2v) is 9.62. The molecule has 2 aliphatic carbocycles. The van der Waals surface area contributed by atoms with Crippen molar-refractivity contribution in [3.05, 3.63) is 24.2 Å². The summed E-state index contributed by atoms with van der Waals surface area (Å²) in [5, 5.41) is 7.50. The number of furan rings is 1. The molecule has 3 unspecified atom stereocenters. The standard InChI is InChI=1S/C24H36N4O4.HI/c1-2-30-23(29)28-13-7-17(8-14-28)26-22(25-12-6-18-5-3-15-31-18)27-20-19-9-16-32-21(19)24(20)10-4-11-24;/h3,5,15,17,19-21H,2,4,6-14,16H2,1H3,(H2,25,26,27);1H. The Morgan fingerprint density at radius 2 is 2.09 bits per heavy atom. The summed E-state index contributed by atoms with van der Waals surface area (Å²) in [5.74, 6) is 2.45. The van der Waals surface area contributed by atoms with E-state index in [9.17, 15) is 4.79 Å². The summed E-state index contributed by atoms with van der Waals surface area (Å²) in [6.07, 6.45) is 9.46. The van der Waals surface area contributed by atoms with Crippen LogP contribution in [0.25, 0.3) is 0 Å². The first-order valence-electron chi connectivity index (χ1n) is 12.3. The molecule has 1 amide bonds. The minimum absolute atomic E-state index is 0. The zero-order valence-corrected chi connectivity index (χ0v) is 21.8. The van der Waals surface area contributed by atoms with Gasteiger partial charge in [-0.1, -0.05) is 6.42 Å². The number of guanidine groups is 1. The molecule has 0 bridgehead atoms. The molecular weight excluding hydrogens is 535 g/mol. The molecule has 3 atom stereocenters. The molecule has 2 saturated carbocycles. The van der Waals surface area contributed by atoms with Crippen LogP contribution < -0.4 is 10.6 Å². The van der Waals surface area contributed by atoms with Crippen molar-refractivity contribution in [3.63, 3.8) is 0 Å². The van der Waals surface area contributed by atoms with E-state index >= 15 is 0 Å². The van der Waals surface area contributed by atoms with Gasteiger partial charge in [0.1, 0.15) is 5.76 Å². The molecule has 3 heterocycles. The summed E-state index contributed by atoms with van der Waals surface area (Å²) < 4.78 is 16.7. The van der Waals surface area contributed by atoms with Gasteiger partial charge in [-0.15, -0.1) is 24.0 Å². The molecule has 5 rings (SSSR count). The Morgan fingerprint density at radius 3 is 2.76 bits per heavy atom. The number of fused-ring (bicyclic) bond motifs is 2. The van der Waals surface area contributed by atoms with Crippen LogP contribution in [0.3, 0.4) is 0 Å². The monoisotopic (exact) mass is 572 g/mol. The number of hydrogen-bond donors (Lipinski definition) is 2. The third-order valence-electron chi connectivity index (χ3n) is 7.90. The molecular formula is C24H37IN4O4. The van der Waals surface area contributed by atoms with Crippen LogP contribution in [0.1, 0.15) is 51.2 Å². The Balaban J connectivity index is 0.00000259. The highest BCUT2D eigenvalue weighted by atomic mass is 127. The molecule has 1 aromatic rings. The molecule has 9 heteroatoms. The van der Waals surface area contributed by atoms with Crippen LogP contribution in [0.2, 0.25) is 0 Å². The minimum Gasteiger partial charge on any atom is -0.469 e. The molecule has 33 heavy (non-hydrogen) atoms. The predicted molar refractivity (Wildman–Crippen MR) is 136 cm³/mol. The number of hydrogen-bond acceptors (Lipinski definition) is 5. The number of amides is 1. The van der Waals surface area contributed by atoms with Gasteiger partial charge in [0.25, 0.3) is 0 Å². The molecule has 1 spiro atoms. The quantitative estimate of drug-likeness (QED) is 0.308. The molecule has 2 saturated heterocycles. The molecule has 0 radical (unpaired) electrons. The van der Waals surface area contributed by atoms with Crippen molar-refractivity contribution in [3.8, 4) is 0 Å². The van der Waals surface area contributed by atoms with Crippen LogP contribution >= 0.6 is 24.0 Å². The Hall–Kier alpha value is -1.49. The van der Waals surface area contributed by atoms with Crippen LogP contribution in [0.5, 0.6) is 0 Å². The van der Waals surface area contributed by atoms with Crippen molar-refractivity contribution in [1.29, 1.82) is 0 Å². The van der Waals surface area contributed by atoms with Gasteiger partial charge >= 0.3 is 6.09 Å². The molecule has 2 aliphatic heterocycles. The van der Waals surface area contributed by atoms with Gasteiger partial charge in [0.15, 0.2) is 5.96 Å². The van der Waals surface area contributed by atoms with Gasteiger partial charge in [0, 0.05) is 56.1 Å². The maximum absolute atomic E-state index is 12.0. The highest BCUT2D eigenvalue weighted by Gasteiger charge is 2.66. The number of likely N-dealkylation sites (tertiary alicyclic amines) is 1. The number of carbonyl (C=O) groups is 1. The molecule has 4 fully saturated rings. The molecule has 1 aromatic heterocycles. The van der Waals surface area contributed by atoms with Gasteiger partial charge in [-0.3, -0.25) is 4.99 Å². The lowest BCUT2D eigenvalue weighted by Crippen LogP contribution is -2.72. The number of piperidine rings is 1. The first-order valence-corrected chi connectivity index (χ1v) is 12.3. The van der Waals surface area contributed by atoms with Crippen LogP contribution in [0, 0.1) is 11.3 Å². The van der Waals surface area contributed by atoms with E-state index in [0.29, 0.717) is 55.8 Å². The Labute approximate surface area is 213 Å². The SMILES string of the molecule is CCOC(=O)N1CCC(NC(=NCCc2ccco2)NC2C3CCOC3C23CCC3)CC1.I. The average molecular weight is 572 g/mol. The summed E-state index contributed by atoms with van der Waals surface area (Å²) in [7, 11) is 0. The van der Waals surface area contributed by atoms with Gasteiger partial charge in [0.05, 0.1) is 19.0 Å². The van der Waals surface area contributed by atoms with Crippen molar-refractivity contribution in [2.24, 2.45) is 16.3 Å². The van der Waals surface area contributed by atoms with Gasteiger partial charge in [-0.05, 0) is 51.2 Å². The fraction of sp³-hybridized carbons (Fsp3) is 0.750. The summed E-state index contributed by atoms with van der Waals surface area (Å²) in [6.45, 7) is 5.25. The predicted octanol–water partition coefficient (Wildman–Crippen LogP) is 3.55. The molecule has 2 N–H and O–H groups in total. The van der Waals surface area contributed by atoms with E-state index in [1.165, 1.54) is 19.3 Å². The first-order chi connectivity index (χ1) is 15.7. The van der Waals surface area contributed by atoms with Crippen LogP contribution in [0.15, 0.2) is 27.8 Å². The van der Waals surface area contributed by atoms with Crippen LogP contribution in [-0.2, 0) is 15.9 Å². The first kappa shape index (κ1) is 24.6. The summed E-state index contributed by atoms with van der Waals surface area (Å²) >= 11 is 0. The summed E-state index contributed by atoms with van der Waals surface area (Å²) in [4.78, 5) is 18.7. The fourth-order valence-corrected chi connectivity index (χ4v) is 6.08. The van der Waals surface area contributed by atoms with E-state index in [-0.39, 0.29) is 30.1 Å². The van der Waals surface area contributed by atoms with Gasteiger partial charge in [-0.25, -0.2) is 4.79 Å². The molecule has 0 aromatic carbocycles. The van der Waals surface area contributed by atoms with Crippen molar-refractivity contribution in [2.75, 3.05) is 32.8 Å². The number of halogens is 1. The third-order valence-corrected chi connectivity index (χ3v) is 7.90. The fourth-order valence-electron chi connectivity index (χ4n) is 6.08. The number of rotatable bonds is 6. The molecule has 4 aliphatic rings. The van der Waals surface area contributed by atoms with E-state index in [1.54, 1.807) is 11.2 Å². The third kappa shape index (κ3) is 4.99. The number of ether oxygens (including phenoxy) is 2. The van der Waals surface area contributed by atoms with E-state index in [1.807, 2.05) is 19.1 Å². The highest BCUT2D eigenvalue weighted by molar-refractivity contribution is 14.0. The van der Waals surface area contributed by atoms with Crippen LogP contribution in [0.4, 0.5) is 4.79 Å². The summed E-state index contributed by atoms with van der Waals surface area (Å²) in [6, 6.07) is 4.65. The van der Waals surface area contributed by atoms with E-state index in [2.05, 4.69) is 10.6 Å². The minimum atomic E-state index is -0.204. The lowest BCUT2D eigenvalue weighted by molar-refractivity contribution is -0.171. The van der Waals surface area contributed by atoms with Crippen molar-refractivity contribution in [1.82, 2.24) is 15.5 Å². The Morgan fingerprint density at radius 1 is 1.27 bits per heavy atom. The van der Waals surface area contributed by atoms with Crippen molar-refractivity contribution < 1.29 is 18.7 Å². The van der Waals surface area contributed by atoms with E-state index in [0.717, 1.165) is 44.0 Å². The van der Waals surface area contributed by atoms with Crippen molar-refractivity contribution >= 4 is 36.0 Å². The lowest BCUT2D eigenvalue weighted by atomic mass is 9.46. The average Bonchev–Trinajstić information content (AvgIpc) is 3.42. The van der Waals surface area contributed by atoms with Gasteiger partial charge < -0.3 is 29.4 Å². The Bertz CT molecular complexity index is 805. The largest absolute Gasteiger partial charge is 0.469 e. The van der Waals surface area contributed by atoms with E-state index < -0.39 is 0 Å². The Kier molecular flexibility index (Phi) is 8.09. The number of carbonyl (C=O) groups excluding carboxylic acids is 1. The maximum Gasteiger partial charge on any atom is 0.409 e. The topological polar surface area (TPSA) is 88.3 Å². The second kappa shape index (κ2) is 10.8. The van der Waals surface area contributed by atoms with E-state index in [4.69, 9.17) is 18.9 Å². The van der Waals surface area contributed by atoms with Gasteiger partial charge in [-0.2, -0.15) is 0 Å². The smallest absolute Gasteiger partial charge is 0.409 e. The highest BCUT2D eigenvalue weighted by Crippen LogP contribution is 2.62. The number of nitrogens with one attached hydrogen (secondary N) is 2. The second-order valence-electron chi connectivity index (χ2n) is 9.62. The lowest BCUT2D eigenvalue weighted by Gasteiger charge is -2.63. The van der Waals surface area contributed by atoms with Crippen molar-refractivity contribution in [2.45, 2.75) is 70.1 Å². The van der Waals surface area contributed by atoms with Gasteiger partial charge in [0.2, 0.25) is 0 Å². The molecule has 184 valence electrons. The maximum atomic E-state index is 12.0. The number of aliphatic imine (C=N–C) groups is 1.